The van der Waals surface area contributed by atoms with Gasteiger partial charge in [-0.05, 0) is 25.0 Å². The number of halogens is 3. The molecule has 2 aliphatic rings. The molecule has 2 aromatic rings. The minimum atomic E-state index is -4.60. The van der Waals surface area contributed by atoms with Crippen LogP contribution in [0.1, 0.15) is 30.1 Å². The summed E-state index contributed by atoms with van der Waals surface area (Å²) in [5.41, 5.74) is -0.530. The zero-order valence-electron chi connectivity index (χ0n) is 15.8. The predicted octanol–water partition coefficient (Wildman–Crippen LogP) is 1.92. The van der Waals surface area contributed by atoms with Crippen molar-refractivity contribution in [2.45, 2.75) is 24.9 Å². The molecule has 0 bridgehead atoms. The Labute approximate surface area is 168 Å². The Balaban J connectivity index is 1.69. The summed E-state index contributed by atoms with van der Waals surface area (Å²) in [7, 11) is 1.30. The first-order chi connectivity index (χ1) is 14.2. The van der Waals surface area contributed by atoms with Crippen molar-refractivity contribution in [3.8, 4) is 11.4 Å². The molecule has 0 aromatic carbocycles. The Morgan fingerprint density at radius 2 is 2.00 bits per heavy atom. The molecule has 1 saturated carbocycles. The number of carbonyl (C=O) groups excluding carboxylic acids is 2. The molecule has 4 rings (SSSR count). The van der Waals surface area contributed by atoms with Crippen molar-refractivity contribution in [3.05, 3.63) is 35.5 Å². The Morgan fingerprint density at radius 3 is 2.63 bits per heavy atom. The third-order valence-electron chi connectivity index (χ3n) is 4.81. The van der Waals surface area contributed by atoms with Gasteiger partial charge in [0, 0.05) is 24.2 Å². The first-order valence-electron chi connectivity index (χ1n) is 9.12. The maximum absolute atomic E-state index is 13.2. The lowest BCUT2D eigenvalue weighted by molar-refractivity contribution is -0.141. The molecule has 2 fully saturated rings. The summed E-state index contributed by atoms with van der Waals surface area (Å²) in [6.07, 6.45) is -0.572. The first kappa shape index (κ1) is 20.0. The van der Waals surface area contributed by atoms with Gasteiger partial charge in [-0.25, -0.2) is 19.4 Å². The van der Waals surface area contributed by atoms with Gasteiger partial charge >= 0.3 is 12.2 Å². The zero-order valence-corrected chi connectivity index (χ0v) is 15.8. The summed E-state index contributed by atoms with van der Waals surface area (Å²) in [6.45, 7) is -0.444. The van der Waals surface area contributed by atoms with Crippen molar-refractivity contribution in [3.63, 3.8) is 0 Å². The number of hydrogen-bond acceptors (Lipinski definition) is 6. The van der Waals surface area contributed by atoms with Gasteiger partial charge in [0.05, 0.1) is 19.4 Å². The van der Waals surface area contributed by atoms with Crippen LogP contribution in [0.4, 0.5) is 18.0 Å². The average molecular weight is 422 g/mol. The van der Waals surface area contributed by atoms with Gasteiger partial charge in [-0.2, -0.15) is 13.2 Å². The van der Waals surface area contributed by atoms with Gasteiger partial charge in [0.25, 0.3) is 5.91 Å². The molecule has 0 atom stereocenters. The second kappa shape index (κ2) is 7.20. The molecule has 0 unspecified atom stereocenters. The van der Waals surface area contributed by atoms with Crippen molar-refractivity contribution in [1.82, 2.24) is 29.5 Å². The number of hydrogen-bond donors (Lipinski definition) is 1. The molecule has 1 aliphatic carbocycles. The quantitative estimate of drug-likeness (QED) is 0.583. The van der Waals surface area contributed by atoms with Gasteiger partial charge in [-0.1, -0.05) is 0 Å². The summed E-state index contributed by atoms with van der Waals surface area (Å²) < 4.78 is 40.9. The fourth-order valence-electron chi connectivity index (χ4n) is 3.11. The molecule has 0 radical (unpaired) electrons. The van der Waals surface area contributed by atoms with E-state index in [0.29, 0.717) is 5.69 Å². The molecule has 3 amide bonds. The minimum absolute atomic E-state index is 0.0000430. The van der Waals surface area contributed by atoms with Crippen molar-refractivity contribution in [1.29, 1.82) is 0 Å². The lowest BCUT2D eigenvalue weighted by Crippen LogP contribution is -2.31. The number of carbonyl (C=O) groups is 2. The molecular weight excluding hydrogens is 405 g/mol. The monoisotopic (exact) mass is 422 g/mol. The topological polar surface area (TPSA) is 104 Å². The van der Waals surface area contributed by atoms with E-state index in [9.17, 15) is 22.8 Å². The number of aromatic nitrogens is 4. The summed E-state index contributed by atoms with van der Waals surface area (Å²) in [4.78, 5) is 34.1. The lowest BCUT2D eigenvalue weighted by Gasteiger charge is -2.13. The maximum atomic E-state index is 13.2. The van der Waals surface area contributed by atoms with Gasteiger partial charge in [-0.15, -0.1) is 5.10 Å². The van der Waals surface area contributed by atoms with Crippen molar-refractivity contribution in [2.24, 2.45) is 0 Å². The lowest BCUT2D eigenvalue weighted by atomic mass is 10.1. The Bertz CT molecular complexity index is 1040. The second-order valence-electron chi connectivity index (χ2n) is 7.02. The number of aliphatic hydroxyl groups is 1. The van der Waals surface area contributed by atoms with E-state index in [-0.39, 0.29) is 36.2 Å². The van der Waals surface area contributed by atoms with Gasteiger partial charge in [-0.3, -0.25) is 14.6 Å². The number of rotatable bonds is 5. The third kappa shape index (κ3) is 3.65. The zero-order chi connectivity index (χ0) is 21.6. The van der Waals surface area contributed by atoms with Crippen LogP contribution in [0.5, 0.6) is 0 Å². The summed E-state index contributed by atoms with van der Waals surface area (Å²) >= 11 is 0. The number of pyridine rings is 1. The van der Waals surface area contributed by atoms with E-state index in [2.05, 4.69) is 15.1 Å². The van der Waals surface area contributed by atoms with Crippen LogP contribution in [0.2, 0.25) is 0 Å². The number of amides is 3. The Hall–Kier alpha value is -3.28. The molecule has 1 N–H and O–H groups in total. The fourth-order valence-corrected chi connectivity index (χ4v) is 3.11. The normalized spacial score (nSPS) is 18.8. The highest BCUT2D eigenvalue weighted by Gasteiger charge is 2.39. The van der Waals surface area contributed by atoms with Gasteiger partial charge < -0.3 is 5.11 Å². The van der Waals surface area contributed by atoms with Crippen LogP contribution in [0.25, 0.3) is 17.6 Å². The van der Waals surface area contributed by atoms with E-state index < -0.39 is 23.8 Å². The predicted molar refractivity (Wildman–Crippen MR) is 96.5 cm³/mol. The maximum Gasteiger partial charge on any atom is 0.433 e. The van der Waals surface area contributed by atoms with Gasteiger partial charge in [0.2, 0.25) is 0 Å². The second-order valence-corrected chi connectivity index (χ2v) is 7.02. The first-order valence-corrected chi connectivity index (χ1v) is 9.12. The third-order valence-corrected chi connectivity index (χ3v) is 4.81. The van der Waals surface area contributed by atoms with Crippen LogP contribution in [0.3, 0.4) is 0 Å². The van der Waals surface area contributed by atoms with E-state index in [0.717, 1.165) is 33.4 Å². The molecule has 9 nitrogen and oxygen atoms in total. The summed E-state index contributed by atoms with van der Waals surface area (Å²) in [5, 5.41) is 13.3. The van der Waals surface area contributed by atoms with Crippen LogP contribution < -0.4 is 0 Å². The van der Waals surface area contributed by atoms with Crippen LogP contribution in [-0.2, 0) is 11.0 Å². The SMILES string of the molecule is CN1C(=O)/C(=C/n2cnc(-c3cc(C4CC4)nc(C(F)(F)F)c3)n2)N(CCO)C1=O. The molecule has 0 spiro atoms. The van der Waals surface area contributed by atoms with E-state index in [1.54, 1.807) is 0 Å². The van der Waals surface area contributed by atoms with Crippen LogP contribution in [0, 0.1) is 0 Å². The highest BCUT2D eigenvalue weighted by molar-refractivity contribution is 6.12. The smallest absolute Gasteiger partial charge is 0.395 e. The fraction of sp³-hybridized carbons (Fsp3) is 0.389. The molecule has 1 saturated heterocycles. The van der Waals surface area contributed by atoms with E-state index >= 15 is 0 Å². The van der Waals surface area contributed by atoms with Crippen molar-refractivity contribution < 1.29 is 27.9 Å². The minimum Gasteiger partial charge on any atom is -0.395 e. The van der Waals surface area contributed by atoms with Crippen LogP contribution >= 0.6 is 0 Å². The molecule has 2 aromatic heterocycles. The highest BCUT2D eigenvalue weighted by Crippen LogP contribution is 2.41. The highest BCUT2D eigenvalue weighted by atomic mass is 19.4. The molecular formula is C18H17F3N6O3. The van der Waals surface area contributed by atoms with Gasteiger partial charge in [0.15, 0.2) is 5.82 Å². The van der Waals surface area contributed by atoms with Crippen molar-refractivity contribution >= 4 is 18.1 Å². The number of nitrogens with zero attached hydrogens (tertiary/aromatic N) is 6. The standard InChI is InChI=1S/C18H17F3N6O3/c1-25-16(29)13(27(4-5-28)17(25)30)8-26-9-22-15(24-26)11-6-12(10-2-3-10)23-14(7-11)18(19,20)21/h6-10,28H,2-5H2,1H3/b13-8-. The van der Waals surface area contributed by atoms with Crippen LogP contribution in [0.15, 0.2) is 24.2 Å². The number of alkyl halides is 3. The molecule has 12 heteroatoms. The number of aliphatic hydroxyl groups excluding tert-OH is 1. The van der Waals surface area contributed by atoms with Crippen molar-refractivity contribution in [2.75, 3.05) is 20.2 Å². The Kier molecular flexibility index (Phi) is 4.80. The average Bonchev–Trinajstić information content (AvgIpc) is 3.42. The molecule has 158 valence electrons. The van der Waals surface area contributed by atoms with E-state index in [4.69, 9.17) is 5.11 Å². The van der Waals surface area contributed by atoms with Crippen LogP contribution in [-0.4, -0.2) is 66.8 Å². The molecule has 30 heavy (non-hydrogen) atoms. The van der Waals surface area contributed by atoms with E-state index in [1.165, 1.54) is 25.6 Å². The number of imide groups is 1. The van der Waals surface area contributed by atoms with Gasteiger partial charge in [0.1, 0.15) is 17.7 Å². The number of likely N-dealkylation sites (N-methyl/N-ethyl adjacent to an activating group) is 1. The Morgan fingerprint density at radius 1 is 1.27 bits per heavy atom. The molecule has 1 aliphatic heterocycles. The van der Waals surface area contributed by atoms with E-state index in [1.807, 2.05) is 0 Å². The largest absolute Gasteiger partial charge is 0.433 e. The number of urea groups is 1. The molecule has 3 heterocycles. The summed E-state index contributed by atoms with van der Waals surface area (Å²) in [6, 6.07) is 1.82. The number of β-amino-alcohol motifs (C(OH)–C–C–N with tert-alkyl or cyclic N) is 1. The summed E-state index contributed by atoms with van der Waals surface area (Å²) in [5.74, 6) is -0.565.